The second-order valence-electron chi connectivity index (χ2n) is 3.51. The van der Waals surface area contributed by atoms with Crippen LogP contribution in [0.5, 0.6) is 0 Å². The molecule has 1 aromatic rings. The van der Waals surface area contributed by atoms with Crippen LogP contribution in [0.2, 0.25) is 0 Å². The number of unbranched alkanes of at least 4 members (excludes halogenated alkanes) is 2. The van der Waals surface area contributed by atoms with E-state index in [4.69, 9.17) is 0 Å². The van der Waals surface area contributed by atoms with Gasteiger partial charge in [-0.1, -0.05) is 19.8 Å². The minimum absolute atomic E-state index is 0.139. The van der Waals surface area contributed by atoms with Crippen LogP contribution in [0.3, 0.4) is 0 Å². The highest BCUT2D eigenvalue weighted by atomic mass is 19.2. The van der Waals surface area contributed by atoms with Crippen LogP contribution in [0.25, 0.3) is 0 Å². The monoisotopic (exact) mass is 238 g/mol. The van der Waals surface area contributed by atoms with Gasteiger partial charge in [-0.2, -0.15) is 0 Å². The molecule has 0 fully saturated rings. The largest absolute Gasteiger partial charge is 0.203 e. The van der Waals surface area contributed by atoms with Gasteiger partial charge in [0.05, 0.1) is 0 Å². The second kappa shape index (κ2) is 5.27. The Morgan fingerprint density at radius 1 is 0.688 bits per heavy atom. The Kier molecular flexibility index (Phi) is 4.26. The molecule has 0 N–H and O–H groups in total. The highest BCUT2D eigenvalue weighted by Crippen LogP contribution is 2.24. The van der Waals surface area contributed by atoms with Crippen LogP contribution >= 0.6 is 0 Å². The van der Waals surface area contributed by atoms with E-state index in [0.29, 0.717) is 12.8 Å². The molecule has 0 bridgehead atoms. The summed E-state index contributed by atoms with van der Waals surface area (Å²) in [6.07, 6.45) is 1.74. The standard InChI is InChI=1S/C11H11F5/c1-2-3-4-5-6-7(12)9(14)11(16)10(15)8(6)13/h2-5H2,1H3. The Hall–Kier alpha value is -1.13. The van der Waals surface area contributed by atoms with Crippen LogP contribution in [-0.2, 0) is 6.42 Å². The van der Waals surface area contributed by atoms with Crippen molar-refractivity contribution in [2.75, 3.05) is 0 Å². The van der Waals surface area contributed by atoms with E-state index in [-0.39, 0.29) is 6.42 Å². The molecule has 16 heavy (non-hydrogen) atoms. The van der Waals surface area contributed by atoms with E-state index in [1.165, 1.54) is 0 Å². The van der Waals surface area contributed by atoms with Gasteiger partial charge < -0.3 is 0 Å². The molecule has 0 atom stereocenters. The second-order valence-corrected chi connectivity index (χ2v) is 3.51. The van der Waals surface area contributed by atoms with Crippen LogP contribution in [0.15, 0.2) is 0 Å². The third kappa shape index (κ3) is 2.33. The van der Waals surface area contributed by atoms with Gasteiger partial charge in [0.15, 0.2) is 23.3 Å². The highest BCUT2D eigenvalue weighted by Gasteiger charge is 2.24. The molecular weight excluding hydrogens is 227 g/mol. The molecule has 0 radical (unpaired) electrons. The first-order valence-electron chi connectivity index (χ1n) is 5.01. The van der Waals surface area contributed by atoms with Crippen molar-refractivity contribution in [2.24, 2.45) is 0 Å². The molecule has 0 amide bonds. The molecule has 1 rings (SSSR count). The zero-order valence-electron chi connectivity index (χ0n) is 8.72. The summed E-state index contributed by atoms with van der Waals surface area (Å²) in [5, 5.41) is 0. The average molecular weight is 238 g/mol. The zero-order valence-corrected chi connectivity index (χ0v) is 8.72. The SMILES string of the molecule is CCCCCc1c(F)c(F)c(F)c(F)c1F. The lowest BCUT2D eigenvalue weighted by Crippen LogP contribution is -2.07. The van der Waals surface area contributed by atoms with E-state index in [1.807, 2.05) is 6.92 Å². The molecule has 0 heterocycles. The van der Waals surface area contributed by atoms with Crippen molar-refractivity contribution in [1.29, 1.82) is 0 Å². The van der Waals surface area contributed by atoms with Crippen molar-refractivity contribution in [3.8, 4) is 0 Å². The molecule has 0 aliphatic rings. The summed E-state index contributed by atoms with van der Waals surface area (Å²) in [5.74, 6) is -9.27. The smallest absolute Gasteiger partial charge is 0.200 e. The highest BCUT2D eigenvalue weighted by molar-refractivity contribution is 5.24. The van der Waals surface area contributed by atoms with Crippen molar-refractivity contribution in [3.63, 3.8) is 0 Å². The first kappa shape index (κ1) is 12.9. The Morgan fingerprint density at radius 3 is 1.56 bits per heavy atom. The van der Waals surface area contributed by atoms with Crippen LogP contribution < -0.4 is 0 Å². The molecule has 0 spiro atoms. The Labute approximate surface area is 90.1 Å². The summed E-state index contributed by atoms with van der Waals surface area (Å²) in [5.41, 5.74) is -0.718. The lowest BCUT2D eigenvalue weighted by Gasteiger charge is -2.07. The van der Waals surface area contributed by atoms with E-state index >= 15 is 0 Å². The van der Waals surface area contributed by atoms with E-state index in [9.17, 15) is 22.0 Å². The van der Waals surface area contributed by atoms with Crippen LogP contribution in [0.1, 0.15) is 31.7 Å². The molecular formula is C11H11F5. The van der Waals surface area contributed by atoms with Crippen molar-refractivity contribution in [3.05, 3.63) is 34.6 Å². The van der Waals surface area contributed by atoms with Gasteiger partial charge in [-0.25, -0.2) is 22.0 Å². The first-order valence-corrected chi connectivity index (χ1v) is 5.01. The summed E-state index contributed by atoms with van der Waals surface area (Å²) in [7, 11) is 0. The third-order valence-corrected chi connectivity index (χ3v) is 2.33. The van der Waals surface area contributed by atoms with Gasteiger partial charge in [0, 0.05) is 5.56 Å². The maximum absolute atomic E-state index is 13.1. The van der Waals surface area contributed by atoms with Gasteiger partial charge >= 0.3 is 0 Å². The van der Waals surface area contributed by atoms with Gasteiger partial charge in [-0.05, 0) is 12.8 Å². The quantitative estimate of drug-likeness (QED) is 0.320. The van der Waals surface area contributed by atoms with Crippen LogP contribution in [0.4, 0.5) is 22.0 Å². The zero-order chi connectivity index (χ0) is 12.3. The summed E-state index contributed by atoms with van der Waals surface area (Å²) in [6, 6.07) is 0. The van der Waals surface area contributed by atoms with Crippen molar-refractivity contribution < 1.29 is 22.0 Å². The summed E-state index contributed by atoms with van der Waals surface area (Å²) >= 11 is 0. The Balaban J connectivity index is 3.08. The predicted molar refractivity (Wildman–Crippen MR) is 49.5 cm³/mol. The molecule has 0 aromatic heterocycles. The van der Waals surface area contributed by atoms with Crippen LogP contribution in [0, 0.1) is 29.1 Å². The minimum Gasteiger partial charge on any atom is -0.203 e. The Bertz CT molecular complexity index is 357. The van der Waals surface area contributed by atoms with Gasteiger partial charge in [-0.15, -0.1) is 0 Å². The van der Waals surface area contributed by atoms with E-state index < -0.39 is 34.6 Å². The number of hydrogen-bond acceptors (Lipinski definition) is 0. The minimum atomic E-state index is -2.10. The summed E-state index contributed by atoms with van der Waals surface area (Å²) < 4.78 is 64.4. The van der Waals surface area contributed by atoms with Gasteiger partial charge in [-0.3, -0.25) is 0 Å². The van der Waals surface area contributed by atoms with Gasteiger partial charge in [0.1, 0.15) is 0 Å². The lowest BCUT2D eigenvalue weighted by molar-refractivity contribution is 0.369. The van der Waals surface area contributed by atoms with E-state index in [1.54, 1.807) is 0 Å². The van der Waals surface area contributed by atoms with Crippen molar-refractivity contribution in [1.82, 2.24) is 0 Å². The molecule has 5 heteroatoms. The van der Waals surface area contributed by atoms with Crippen molar-refractivity contribution >= 4 is 0 Å². The van der Waals surface area contributed by atoms with Gasteiger partial charge in [0.25, 0.3) is 0 Å². The fourth-order valence-electron chi connectivity index (χ4n) is 1.42. The molecule has 1 aromatic carbocycles. The Morgan fingerprint density at radius 2 is 1.12 bits per heavy atom. The van der Waals surface area contributed by atoms with E-state index in [0.717, 1.165) is 6.42 Å². The number of benzene rings is 1. The van der Waals surface area contributed by atoms with Crippen LogP contribution in [-0.4, -0.2) is 0 Å². The molecule has 0 unspecified atom stereocenters. The topological polar surface area (TPSA) is 0 Å². The molecule has 0 aliphatic heterocycles. The number of rotatable bonds is 4. The maximum atomic E-state index is 13.1. The lowest BCUT2D eigenvalue weighted by atomic mass is 10.1. The maximum Gasteiger partial charge on any atom is 0.200 e. The fraction of sp³-hybridized carbons (Fsp3) is 0.455. The summed E-state index contributed by atoms with van der Waals surface area (Å²) in [6.45, 7) is 1.87. The molecule has 90 valence electrons. The number of halogens is 5. The molecule has 0 saturated heterocycles. The first-order chi connectivity index (χ1) is 7.50. The van der Waals surface area contributed by atoms with E-state index in [2.05, 4.69) is 0 Å². The predicted octanol–water partition coefficient (Wildman–Crippen LogP) is 4.11. The normalized spacial score (nSPS) is 10.9. The molecule has 0 aliphatic carbocycles. The number of hydrogen-bond donors (Lipinski definition) is 0. The third-order valence-electron chi connectivity index (χ3n) is 2.33. The molecule has 0 nitrogen and oxygen atoms in total. The average Bonchev–Trinajstić information content (AvgIpc) is 2.28. The van der Waals surface area contributed by atoms with Crippen molar-refractivity contribution in [2.45, 2.75) is 32.6 Å². The molecule has 0 saturated carbocycles. The fourth-order valence-corrected chi connectivity index (χ4v) is 1.42. The summed E-state index contributed by atoms with van der Waals surface area (Å²) in [4.78, 5) is 0. The van der Waals surface area contributed by atoms with Gasteiger partial charge in [0.2, 0.25) is 5.82 Å².